The first-order valence-electron chi connectivity index (χ1n) is 7.03. The smallest absolute Gasteiger partial charge is 0.203 e. The van der Waals surface area contributed by atoms with Crippen molar-refractivity contribution in [2.24, 2.45) is 0 Å². The van der Waals surface area contributed by atoms with Crippen molar-refractivity contribution in [3.8, 4) is 11.4 Å². The van der Waals surface area contributed by atoms with E-state index in [1.807, 2.05) is 0 Å². The van der Waals surface area contributed by atoms with Crippen LogP contribution in [0.25, 0.3) is 16.7 Å². The van der Waals surface area contributed by atoms with Crippen LogP contribution in [0, 0.1) is 5.82 Å². The normalized spacial score (nSPS) is 11.5. The summed E-state index contributed by atoms with van der Waals surface area (Å²) in [5, 5.41) is 8.00. The highest BCUT2D eigenvalue weighted by atomic mass is 32.2. The number of hydrogen-bond acceptors (Lipinski definition) is 5. The molecule has 0 radical (unpaired) electrons. The Morgan fingerprint density at radius 3 is 2.71 bits per heavy atom. The molecule has 0 aliphatic heterocycles. The zero-order valence-electron chi connectivity index (χ0n) is 13.0. The van der Waals surface area contributed by atoms with E-state index in [-0.39, 0.29) is 12.2 Å². The lowest BCUT2D eigenvalue weighted by Gasteiger charge is -2.10. The average molecular weight is 350 g/mol. The van der Waals surface area contributed by atoms with Crippen molar-refractivity contribution >= 4 is 21.9 Å². The van der Waals surface area contributed by atoms with E-state index in [1.54, 1.807) is 37.4 Å². The number of benzene rings is 2. The summed E-state index contributed by atoms with van der Waals surface area (Å²) in [7, 11) is 0.283. The molecule has 0 spiro atoms. The highest BCUT2D eigenvalue weighted by Gasteiger charge is 2.13. The molecule has 0 fully saturated rings. The zero-order valence-corrected chi connectivity index (χ0v) is 13.9. The fourth-order valence-electron chi connectivity index (χ4n) is 2.35. The van der Waals surface area contributed by atoms with Crippen LogP contribution in [0.5, 0.6) is 5.75 Å². The van der Waals surface area contributed by atoms with Crippen molar-refractivity contribution in [1.82, 2.24) is 19.3 Å². The lowest BCUT2D eigenvalue weighted by Crippen LogP contribution is -2.15. The molecule has 24 heavy (non-hydrogen) atoms. The molecule has 126 valence electrons. The summed E-state index contributed by atoms with van der Waals surface area (Å²) in [5.41, 5.74) is 2.01. The molecule has 3 aromatic rings. The third kappa shape index (κ3) is 3.08. The van der Waals surface area contributed by atoms with Gasteiger partial charge in [0.1, 0.15) is 22.8 Å². The van der Waals surface area contributed by atoms with Gasteiger partial charge in [-0.1, -0.05) is 11.3 Å². The number of hydrogen-bond donors (Lipinski definition) is 1. The SMILES string of the molecule is COc1ccc2c(c1)nnn2-c1ccc(CN(C)[SH](=O)=O)cc1F. The summed E-state index contributed by atoms with van der Waals surface area (Å²) in [6.45, 7) is 0.102. The summed E-state index contributed by atoms with van der Waals surface area (Å²) < 4.78 is 43.8. The van der Waals surface area contributed by atoms with E-state index in [4.69, 9.17) is 4.74 Å². The fourth-order valence-corrected chi connectivity index (χ4v) is 2.63. The number of fused-ring (bicyclic) bond motifs is 1. The van der Waals surface area contributed by atoms with E-state index >= 15 is 0 Å². The molecule has 0 unspecified atom stereocenters. The second kappa shape index (κ2) is 6.54. The van der Waals surface area contributed by atoms with Gasteiger partial charge in [0.2, 0.25) is 10.9 Å². The molecular formula is C15H15FN4O3S. The molecule has 9 heteroatoms. The number of thiol groups is 1. The Bertz CT molecular complexity index is 963. The lowest BCUT2D eigenvalue weighted by molar-refractivity contribution is 0.415. The standard InChI is InChI=1S/C15H15FN4O3S/c1-19(24(21)22)9-10-3-5-14(12(16)7-10)20-15-6-4-11(23-2)8-13(15)17-18-20/h3-8,24H,9H2,1-2H3. The van der Waals surface area contributed by atoms with Crippen LogP contribution in [0.3, 0.4) is 0 Å². The number of aromatic nitrogens is 3. The van der Waals surface area contributed by atoms with Crippen molar-refractivity contribution in [2.75, 3.05) is 14.2 Å². The maximum atomic E-state index is 14.5. The minimum absolute atomic E-state index is 0.102. The van der Waals surface area contributed by atoms with Gasteiger partial charge in [0.15, 0.2) is 0 Å². The number of ether oxygens (including phenoxy) is 1. The molecule has 0 saturated carbocycles. The third-order valence-corrected chi connectivity index (χ3v) is 4.28. The van der Waals surface area contributed by atoms with Gasteiger partial charge in [0, 0.05) is 19.7 Å². The van der Waals surface area contributed by atoms with Gasteiger partial charge < -0.3 is 4.74 Å². The monoisotopic (exact) mass is 350 g/mol. The van der Waals surface area contributed by atoms with Crippen molar-refractivity contribution in [3.63, 3.8) is 0 Å². The Morgan fingerprint density at radius 1 is 1.25 bits per heavy atom. The molecule has 3 rings (SSSR count). The van der Waals surface area contributed by atoms with Crippen LogP contribution in [-0.4, -0.2) is 41.9 Å². The molecule has 7 nitrogen and oxygen atoms in total. The van der Waals surface area contributed by atoms with Crippen LogP contribution in [0.2, 0.25) is 0 Å². The van der Waals surface area contributed by atoms with Gasteiger partial charge >= 0.3 is 0 Å². The van der Waals surface area contributed by atoms with Crippen molar-refractivity contribution in [1.29, 1.82) is 0 Å². The maximum Gasteiger partial charge on any atom is 0.203 e. The largest absolute Gasteiger partial charge is 0.497 e. The van der Waals surface area contributed by atoms with Gasteiger partial charge in [0.25, 0.3) is 0 Å². The maximum absolute atomic E-state index is 14.5. The molecule has 1 heterocycles. The molecule has 0 saturated heterocycles. The summed E-state index contributed by atoms with van der Waals surface area (Å²) in [5.74, 6) is 0.129. The number of nitrogens with zero attached hydrogens (tertiary/aromatic N) is 4. The quantitative estimate of drug-likeness (QED) is 0.706. The summed E-state index contributed by atoms with van der Waals surface area (Å²) in [6.07, 6.45) is 0. The van der Waals surface area contributed by atoms with Crippen LogP contribution in [-0.2, 0) is 17.4 Å². The fraction of sp³-hybridized carbons (Fsp3) is 0.200. The molecular weight excluding hydrogens is 335 g/mol. The minimum Gasteiger partial charge on any atom is -0.497 e. The topological polar surface area (TPSA) is 77.3 Å². The first-order valence-corrected chi connectivity index (χ1v) is 8.16. The van der Waals surface area contributed by atoms with E-state index in [0.29, 0.717) is 22.3 Å². The number of halogens is 1. The number of methoxy groups -OCH3 is 1. The molecule has 0 atom stereocenters. The Hall–Kier alpha value is -2.52. The Labute approximate surface area is 139 Å². The third-order valence-electron chi connectivity index (χ3n) is 3.58. The van der Waals surface area contributed by atoms with E-state index < -0.39 is 16.7 Å². The molecule has 0 aliphatic carbocycles. The molecule has 0 N–H and O–H groups in total. The summed E-state index contributed by atoms with van der Waals surface area (Å²) in [6, 6.07) is 9.71. The van der Waals surface area contributed by atoms with Crippen LogP contribution >= 0.6 is 0 Å². The minimum atomic E-state index is -2.70. The van der Waals surface area contributed by atoms with Crippen molar-refractivity contribution in [3.05, 3.63) is 47.8 Å². The van der Waals surface area contributed by atoms with Crippen LogP contribution in [0.15, 0.2) is 36.4 Å². The van der Waals surface area contributed by atoms with Crippen molar-refractivity contribution < 1.29 is 17.5 Å². The van der Waals surface area contributed by atoms with Gasteiger partial charge in [-0.3, -0.25) is 0 Å². The highest BCUT2D eigenvalue weighted by Crippen LogP contribution is 2.23. The Morgan fingerprint density at radius 2 is 2.04 bits per heavy atom. The summed E-state index contributed by atoms with van der Waals surface area (Å²) in [4.78, 5) is 0. The predicted molar refractivity (Wildman–Crippen MR) is 87.2 cm³/mol. The predicted octanol–water partition coefficient (Wildman–Crippen LogP) is 1.53. The van der Waals surface area contributed by atoms with Gasteiger partial charge in [-0.25, -0.2) is 21.8 Å². The molecule has 0 amide bonds. The second-order valence-corrected chi connectivity index (χ2v) is 6.35. The van der Waals surface area contributed by atoms with E-state index in [9.17, 15) is 12.8 Å². The summed E-state index contributed by atoms with van der Waals surface area (Å²) >= 11 is 0. The van der Waals surface area contributed by atoms with Gasteiger partial charge in [-0.2, -0.15) is 0 Å². The molecule has 1 aromatic heterocycles. The molecule has 2 aromatic carbocycles. The molecule has 0 aliphatic rings. The Balaban J connectivity index is 1.98. The first-order chi connectivity index (χ1) is 11.5. The van der Waals surface area contributed by atoms with Crippen LogP contribution in [0.4, 0.5) is 4.39 Å². The lowest BCUT2D eigenvalue weighted by atomic mass is 10.2. The van der Waals surface area contributed by atoms with E-state index in [1.165, 1.54) is 17.8 Å². The second-order valence-electron chi connectivity index (χ2n) is 5.20. The molecule has 0 bridgehead atoms. The highest BCUT2D eigenvalue weighted by molar-refractivity contribution is 7.69. The van der Waals surface area contributed by atoms with E-state index in [2.05, 4.69) is 10.3 Å². The zero-order chi connectivity index (χ0) is 17.3. The van der Waals surface area contributed by atoms with Crippen molar-refractivity contribution in [2.45, 2.75) is 6.54 Å². The van der Waals surface area contributed by atoms with Crippen LogP contribution in [0.1, 0.15) is 5.56 Å². The van der Waals surface area contributed by atoms with E-state index in [0.717, 1.165) is 4.31 Å². The van der Waals surface area contributed by atoms with Gasteiger partial charge in [-0.15, -0.1) is 5.10 Å². The van der Waals surface area contributed by atoms with Crippen LogP contribution < -0.4 is 4.74 Å². The first kappa shape index (κ1) is 16.3. The Kier molecular flexibility index (Phi) is 4.45. The van der Waals surface area contributed by atoms with Gasteiger partial charge in [-0.05, 0) is 29.8 Å². The average Bonchev–Trinajstić information content (AvgIpc) is 2.97. The van der Waals surface area contributed by atoms with Gasteiger partial charge in [0.05, 0.1) is 12.6 Å². The number of rotatable bonds is 5.